The first-order valence-corrected chi connectivity index (χ1v) is 21.8. The second kappa shape index (κ2) is 43.0. The fraction of sp³-hybridized carbons (Fsp3) is 0.745. The Bertz CT molecular complexity index is 915. The summed E-state index contributed by atoms with van der Waals surface area (Å²) >= 11 is 0. The van der Waals surface area contributed by atoms with E-state index >= 15 is 0 Å². The van der Waals surface area contributed by atoms with Gasteiger partial charge >= 0.3 is 11.9 Å². The van der Waals surface area contributed by atoms with Crippen molar-refractivity contribution >= 4 is 11.9 Å². The van der Waals surface area contributed by atoms with Crippen LogP contribution in [0.15, 0.2) is 60.8 Å². The number of allylic oxidation sites excluding steroid dienone is 10. The van der Waals surface area contributed by atoms with Crippen molar-refractivity contribution in [2.45, 2.75) is 207 Å². The molecule has 0 aromatic rings. The van der Waals surface area contributed by atoms with Crippen LogP contribution in [0, 0.1) is 0 Å². The van der Waals surface area contributed by atoms with Crippen LogP contribution in [0.25, 0.3) is 0 Å². The molecule has 0 fully saturated rings. The van der Waals surface area contributed by atoms with Gasteiger partial charge in [0.2, 0.25) is 0 Å². The molecule has 1 atom stereocenters. The summed E-state index contributed by atoms with van der Waals surface area (Å²) in [5.74, 6) is -0.469. The fourth-order valence-electron chi connectivity index (χ4n) is 5.84. The zero-order chi connectivity index (χ0) is 37.8. The maximum Gasteiger partial charge on any atom is 0.306 e. The molecule has 0 N–H and O–H groups in total. The second-order valence-corrected chi connectivity index (χ2v) is 14.2. The van der Waals surface area contributed by atoms with Gasteiger partial charge in [0.15, 0.2) is 6.10 Å². The largest absolute Gasteiger partial charge is 0.462 e. The monoisotopic (exact) mass is 727 g/mol. The van der Waals surface area contributed by atoms with Gasteiger partial charge in [-0.05, 0) is 57.8 Å². The predicted molar refractivity (Wildman–Crippen MR) is 224 cm³/mol. The highest BCUT2D eigenvalue weighted by atomic mass is 16.6. The molecule has 0 aliphatic carbocycles. The van der Waals surface area contributed by atoms with Crippen LogP contribution in [0.3, 0.4) is 0 Å². The van der Waals surface area contributed by atoms with Gasteiger partial charge in [-0.1, -0.05) is 191 Å². The fourth-order valence-corrected chi connectivity index (χ4v) is 5.84. The molecular weight excluding hydrogens is 645 g/mol. The first-order chi connectivity index (χ1) is 25.6. The average Bonchev–Trinajstić information content (AvgIpc) is 3.14. The molecule has 0 saturated carbocycles. The molecule has 0 aromatic carbocycles. The molecule has 0 heterocycles. The van der Waals surface area contributed by atoms with Crippen LogP contribution in [0.2, 0.25) is 0 Å². The van der Waals surface area contributed by atoms with Gasteiger partial charge in [-0.2, -0.15) is 0 Å². The molecule has 0 spiro atoms. The van der Waals surface area contributed by atoms with Crippen LogP contribution >= 0.6 is 0 Å². The van der Waals surface area contributed by atoms with E-state index in [2.05, 4.69) is 81.5 Å². The number of hydrogen-bond acceptors (Lipinski definition) is 5. The number of unbranched alkanes of at least 4 members (excludes halogenated alkanes) is 18. The highest BCUT2D eigenvalue weighted by Crippen LogP contribution is 2.13. The van der Waals surface area contributed by atoms with Gasteiger partial charge in [-0.3, -0.25) is 9.59 Å². The summed E-state index contributed by atoms with van der Waals surface area (Å²) in [6, 6.07) is 0. The molecule has 0 radical (unpaired) electrons. The molecule has 0 bridgehead atoms. The van der Waals surface area contributed by atoms with Gasteiger partial charge in [-0.15, -0.1) is 0 Å². The Kier molecular flexibility index (Phi) is 41.0. The molecule has 0 amide bonds. The van der Waals surface area contributed by atoms with Crippen molar-refractivity contribution < 1.29 is 23.8 Å². The summed E-state index contributed by atoms with van der Waals surface area (Å²) in [5, 5.41) is 0. The first kappa shape index (κ1) is 49.6. The molecule has 300 valence electrons. The maximum absolute atomic E-state index is 12.6. The zero-order valence-corrected chi connectivity index (χ0v) is 34.3. The molecule has 5 nitrogen and oxygen atoms in total. The molecule has 0 aliphatic rings. The van der Waals surface area contributed by atoms with Gasteiger partial charge in [0.05, 0.1) is 6.61 Å². The summed E-state index contributed by atoms with van der Waals surface area (Å²) < 4.78 is 17.2. The third-order valence-corrected chi connectivity index (χ3v) is 9.07. The smallest absolute Gasteiger partial charge is 0.306 e. The van der Waals surface area contributed by atoms with Crippen LogP contribution in [0.5, 0.6) is 0 Å². The minimum atomic E-state index is -0.552. The summed E-state index contributed by atoms with van der Waals surface area (Å²) in [6.07, 6.45) is 52.3. The molecular formula is C47H82O5. The number of hydrogen-bond donors (Lipinski definition) is 0. The van der Waals surface area contributed by atoms with E-state index in [-0.39, 0.29) is 25.2 Å². The van der Waals surface area contributed by atoms with Crippen molar-refractivity contribution in [1.82, 2.24) is 0 Å². The highest BCUT2D eigenvalue weighted by molar-refractivity contribution is 5.70. The van der Waals surface area contributed by atoms with Crippen LogP contribution in [0.4, 0.5) is 0 Å². The van der Waals surface area contributed by atoms with E-state index in [0.29, 0.717) is 19.4 Å². The van der Waals surface area contributed by atoms with Crippen molar-refractivity contribution in [3.05, 3.63) is 60.8 Å². The van der Waals surface area contributed by atoms with Gasteiger partial charge in [0.25, 0.3) is 0 Å². The molecule has 0 aromatic heterocycles. The molecule has 52 heavy (non-hydrogen) atoms. The van der Waals surface area contributed by atoms with Crippen molar-refractivity contribution in [1.29, 1.82) is 0 Å². The van der Waals surface area contributed by atoms with Crippen LogP contribution in [-0.2, 0) is 23.8 Å². The minimum absolute atomic E-state index is 0.0572. The first-order valence-electron chi connectivity index (χ1n) is 21.8. The molecule has 0 saturated heterocycles. The summed E-state index contributed by atoms with van der Waals surface area (Å²) in [6.45, 7) is 7.62. The lowest BCUT2D eigenvalue weighted by Crippen LogP contribution is -2.30. The standard InChI is InChI=1S/C47H82O5/c1-4-7-10-13-16-18-20-22-23-24-25-26-27-29-32-34-37-40-46(48)51-44-45(52-47(49)41-38-35-31-15-12-9-6-3)43-50-42-39-36-33-30-28-21-19-17-14-11-8-5-2/h7,10,16,18,22-23,25-26,29,32,45H,4-6,8-9,11-15,17,19-21,24,27-28,30-31,33-44H2,1-3H3/b10-7-,18-16-,23-22-,26-25-,32-29-. The number of ether oxygens (including phenoxy) is 3. The van der Waals surface area contributed by atoms with Crippen LogP contribution in [0.1, 0.15) is 201 Å². The predicted octanol–water partition coefficient (Wildman–Crippen LogP) is 14.2. The van der Waals surface area contributed by atoms with E-state index in [0.717, 1.165) is 77.0 Å². The average molecular weight is 727 g/mol. The Morgan fingerprint density at radius 2 is 0.865 bits per heavy atom. The molecule has 1 unspecified atom stereocenters. The van der Waals surface area contributed by atoms with E-state index in [9.17, 15) is 9.59 Å². The second-order valence-electron chi connectivity index (χ2n) is 14.2. The Balaban J connectivity index is 4.26. The van der Waals surface area contributed by atoms with Crippen LogP contribution < -0.4 is 0 Å². The lowest BCUT2D eigenvalue weighted by atomic mass is 10.1. The Morgan fingerprint density at radius 3 is 1.37 bits per heavy atom. The van der Waals surface area contributed by atoms with Gasteiger partial charge in [-0.25, -0.2) is 0 Å². The lowest BCUT2D eigenvalue weighted by Gasteiger charge is -2.18. The number of carbonyl (C=O) groups excluding carboxylic acids is 2. The third-order valence-electron chi connectivity index (χ3n) is 9.07. The highest BCUT2D eigenvalue weighted by Gasteiger charge is 2.17. The Hall–Kier alpha value is -2.40. The number of esters is 2. The van der Waals surface area contributed by atoms with Crippen LogP contribution in [-0.4, -0.2) is 37.9 Å². The zero-order valence-electron chi connectivity index (χ0n) is 34.3. The van der Waals surface area contributed by atoms with E-state index in [1.807, 2.05) is 0 Å². The summed E-state index contributed by atoms with van der Waals surface area (Å²) in [7, 11) is 0. The van der Waals surface area contributed by atoms with Gasteiger partial charge in [0, 0.05) is 19.4 Å². The van der Waals surface area contributed by atoms with E-state index in [4.69, 9.17) is 14.2 Å². The molecule has 5 heteroatoms. The SMILES string of the molecule is CC/C=C\C/C=C\C/C=C\C/C=C\C/C=C\CCCC(=O)OCC(COCCCCCCCCCCCCCC)OC(=O)CCCCCCCCC. The van der Waals surface area contributed by atoms with Crippen molar-refractivity contribution in [2.24, 2.45) is 0 Å². The topological polar surface area (TPSA) is 61.8 Å². The minimum Gasteiger partial charge on any atom is -0.462 e. The molecule has 0 aliphatic heterocycles. The number of carbonyl (C=O) groups is 2. The van der Waals surface area contributed by atoms with E-state index < -0.39 is 6.10 Å². The Labute approximate surface area is 322 Å². The lowest BCUT2D eigenvalue weighted by molar-refractivity contribution is -0.163. The molecule has 0 rings (SSSR count). The van der Waals surface area contributed by atoms with E-state index in [1.54, 1.807) is 0 Å². The van der Waals surface area contributed by atoms with Gasteiger partial charge < -0.3 is 14.2 Å². The van der Waals surface area contributed by atoms with Crippen molar-refractivity contribution in [3.63, 3.8) is 0 Å². The summed E-state index contributed by atoms with van der Waals surface area (Å²) in [4.78, 5) is 25.1. The van der Waals surface area contributed by atoms with E-state index in [1.165, 1.54) is 89.9 Å². The summed E-state index contributed by atoms with van der Waals surface area (Å²) in [5.41, 5.74) is 0. The van der Waals surface area contributed by atoms with Crippen molar-refractivity contribution in [3.8, 4) is 0 Å². The third kappa shape index (κ3) is 40.4. The normalized spacial score (nSPS) is 12.8. The number of rotatable bonds is 39. The Morgan fingerprint density at radius 1 is 0.442 bits per heavy atom. The maximum atomic E-state index is 12.6. The van der Waals surface area contributed by atoms with Crippen molar-refractivity contribution in [2.75, 3.05) is 19.8 Å². The quantitative estimate of drug-likeness (QED) is 0.0358. The van der Waals surface area contributed by atoms with Gasteiger partial charge in [0.1, 0.15) is 6.61 Å².